The van der Waals surface area contributed by atoms with Crippen LogP contribution in [-0.4, -0.2) is 37.0 Å². The lowest BCUT2D eigenvalue weighted by Gasteiger charge is -2.33. The molecule has 1 aliphatic heterocycles. The van der Waals surface area contributed by atoms with Crippen LogP contribution in [0.25, 0.3) is 0 Å². The Morgan fingerprint density at radius 1 is 1.17 bits per heavy atom. The number of rotatable bonds is 8. The third kappa shape index (κ3) is 5.75. The van der Waals surface area contributed by atoms with Gasteiger partial charge >= 0.3 is 0 Å². The van der Waals surface area contributed by atoms with Gasteiger partial charge in [-0.15, -0.1) is 6.42 Å². The molecule has 0 bridgehead atoms. The Morgan fingerprint density at radius 2 is 2.00 bits per heavy atom. The molecular formula is C24H28N2O3. The fourth-order valence-electron chi connectivity index (χ4n) is 3.58. The smallest absolute Gasteiger partial charge is 0.237 e. The normalized spacial score (nSPS) is 16.6. The second-order valence-electron chi connectivity index (χ2n) is 7.16. The molecule has 0 saturated carbocycles. The summed E-state index contributed by atoms with van der Waals surface area (Å²) >= 11 is 0. The highest BCUT2D eigenvalue weighted by atomic mass is 16.5. The van der Waals surface area contributed by atoms with E-state index in [1.165, 1.54) is 0 Å². The minimum Gasteiger partial charge on any atom is -0.493 e. The Bertz CT molecular complexity index is 845. The van der Waals surface area contributed by atoms with Crippen LogP contribution in [0.5, 0.6) is 11.5 Å². The second kappa shape index (κ2) is 10.5. The summed E-state index contributed by atoms with van der Waals surface area (Å²) in [6.07, 6.45) is 8.44. The van der Waals surface area contributed by atoms with Crippen LogP contribution in [-0.2, 0) is 17.9 Å². The minimum absolute atomic E-state index is 0.0309. The number of ether oxygens (including phenoxy) is 2. The average Bonchev–Trinajstić information content (AvgIpc) is 2.77. The largest absolute Gasteiger partial charge is 0.493 e. The van der Waals surface area contributed by atoms with Crippen molar-refractivity contribution < 1.29 is 14.3 Å². The summed E-state index contributed by atoms with van der Waals surface area (Å²) in [7, 11) is 1.62. The van der Waals surface area contributed by atoms with E-state index in [0.717, 1.165) is 36.9 Å². The van der Waals surface area contributed by atoms with Gasteiger partial charge in [0.2, 0.25) is 5.91 Å². The molecule has 152 valence electrons. The van der Waals surface area contributed by atoms with Crippen LogP contribution in [0.4, 0.5) is 0 Å². The molecule has 3 rings (SSSR count). The van der Waals surface area contributed by atoms with E-state index in [4.69, 9.17) is 15.9 Å². The number of carbonyl (C=O) groups is 1. The number of hydrogen-bond donors (Lipinski definition) is 1. The van der Waals surface area contributed by atoms with Gasteiger partial charge in [-0.2, -0.15) is 0 Å². The van der Waals surface area contributed by atoms with Gasteiger partial charge in [-0.25, -0.2) is 0 Å². The summed E-state index contributed by atoms with van der Waals surface area (Å²) in [5, 5.41) is 3.04. The Balaban J connectivity index is 1.58. The van der Waals surface area contributed by atoms with Gasteiger partial charge in [-0.05, 0) is 42.6 Å². The lowest BCUT2D eigenvalue weighted by atomic mass is 10.0. The number of nitrogens with one attached hydrogen (secondary N) is 1. The van der Waals surface area contributed by atoms with E-state index in [1.807, 2.05) is 48.5 Å². The number of carbonyl (C=O) groups excluding carboxylic acids is 1. The topological polar surface area (TPSA) is 50.8 Å². The van der Waals surface area contributed by atoms with Gasteiger partial charge in [0.1, 0.15) is 6.61 Å². The molecule has 2 aromatic rings. The summed E-state index contributed by atoms with van der Waals surface area (Å²) in [5.41, 5.74) is 2.05. The van der Waals surface area contributed by atoms with E-state index in [0.29, 0.717) is 31.2 Å². The minimum atomic E-state index is -0.143. The maximum absolute atomic E-state index is 12.7. The zero-order valence-electron chi connectivity index (χ0n) is 16.9. The number of methoxy groups -OCH3 is 1. The molecule has 0 aliphatic carbocycles. The molecule has 5 heteroatoms. The van der Waals surface area contributed by atoms with E-state index in [9.17, 15) is 4.79 Å². The first-order chi connectivity index (χ1) is 14.2. The van der Waals surface area contributed by atoms with Crippen LogP contribution in [0.15, 0.2) is 48.5 Å². The van der Waals surface area contributed by atoms with Gasteiger partial charge in [0.25, 0.3) is 0 Å². The van der Waals surface area contributed by atoms with Crippen molar-refractivity contribution in [2.45, 2.75) is 38.5 Å². The Morgan fingerprint density at radius 3 is 2.76 bits per heavy atom. The van der Waals surface area contributed by atoms with E-state index >= 15 is 0 Å². The van der Waals surface area contributed by atoms with Gasteiger partial charge in [0.05, 0.1) is 19.7 Å². The zero-order valence-corrected chi connectivity index (χ0v) is 16.9. The van der Waals surface area contributed by atoms with Crippen LogP contribution in [0.1, 0.15) is 30.4 Å². The van der Waals surface area contributed by atoms with Crippen molar-refractivity contribution in [3.63, 3.8) is 0 Å². The van der Waals surface area contributed by atoms with Gasteiger partial charge < -0.3 is 14.8 Å². The summed E-state index contributed by atoms with van der Waals surface area (Å²) in [4.78, 5) is 14.7. The monoisotopic (exact) mass is 392 g/mol. The summed E-state index contributed by atoms with van der Waals surface area (Å²) in [6, 6.07) is 15.6. The predicted octanol–water partition coefficient (Wildman–Crippen LogP) is 3.38. The van der Waals surface area contributed by atoms with Crippen LogP contribution < -0.4 is 14.8 Å². The number of hydrogen-bond acceptors (Lipinski definition) is 4. The first-order valence-corrected chi connectivity index (χ1v) is 10.00. The molecule has 0 aromatic heterocycles. The molecule has 0 spiro atoms. The first kappa shape index (κ1) is 20.8. The average molecular weight is 392 g/mol. The lowest BCUT2D eigenvalue weighted by Crippen LogP contribution is -2.49. The number of piperidine rings is 1. The molecule has 2 aromatic carbocycles. The third-order valence-corrected chi connectivity index (χ3v) is 5.14. The van der Waals surface area contributed by atoms with Crippen LogP contribution >= 0.6 is 0 Å². The molecule has 1 aliphatic rings. The fraction of sp³-hybridized carbons (Fsp3) is 0.375. The van der Waals surface area contributed by atoms with Crippen molar-refractivity contribution in [2.24, 2.45) is 0 Å². The van der Waals surface area contributed by atoms with Gasteiger partial charge in [0.15, 0.2) is 11.5 Å². The number of likely N-dealkylation sites (tertiary alicyclic amines) is 1. The van der Waals surface area contributed by atoms with Crippen molar-refractivity contribution in [3.05, 3.63) is 59.7 Å². The van der Waals surface area contributed by atoms with Gasteiger partial charge in [-0.3, -0.25) is 9.69 Å². The standard InChI is InChI=1S/C24H28N2O3/c1-3-14-26-15-8-7-11-21(26)24(27)25-17-20-12-13-22(23(16-20)28-2)29-18-19-9-5-4-6-10-19/h1,4-6,9-10,12-13,16,21H,7-8,11,14-15,17-18H2,2H3,(H,25,27). The van der Waals surface area contributed by atoms with Crippen molar-refractivity contribution in [2.75, 3.05) is 20.2 Å². The zero-order chi connectivity index (χ0) is 20.5. The summed E-state index contributed by atoms with van der Waals surface area (Å²) in [5.74, 6) is 4.02. The molecule has 1 saturated heterocycles. The number of terminal acetylenes is 1. The number of benzene rings is 2. The molecule has 1 amide bonds. The first-order valence-electron chi connectivity index (χ1n) is 10.00. The quantitative estimate of drug-likeness (QED) is 0.700. The molecular weight excluding hydrogens is 364 g/mol. The van der Waals surface area contributed by atoms with E-state index < -0.39 is 0 Å². The van der Waals surface area contributed by atoms with Crippen molar-refractivity contribution in [1.29, 1.82) is 0 Å². The van der Waals surface area contributed by atoms with Crippen LogP contribution in [0.3, 0.4) is 0 Å². The maximum Gasteiger partial charge on any atom is 0.237 e. The molecule has 0 radical (unpaired) electrons. The Hall–Kier alpha value is -2.97. The summed E-state index contributed by atoms with van der Waals surface area (Å²) < 4.78 is 11.4. The summed E-state index contributed by atoms with van der Waals surface area (Å²) in [6.45, 7) is 2.30. The molecule has 29 heavy (non-hydrogen) atoms. The molecule has 1 N–H and O–H groups in total. The fourth-order valence-corrected chi connectivity index (χ4v) is 3.58. The highest BCUT2D eigenvalue weighted by Gasteiger charge is 2.27. The Labute approximate surface area is 173 Å². The predicted molar refractivity (Wildman–Crippen MR) is 114 cm³/mol. The van der Waals surface area contributed by atoms with E-state index in [1.54, 1.807) is 7.11 Å². The number of amides is 1. The maximum atomic E-state index is 12.7. The molecule has 1 fully saturated rings. The Kier molecular flexibility index (Phi) is 7.54. The molecule has 1 atom stereocenters. The second-order valence-corrected chi connectivity index (χ2v) is 7.16. The van der Waals surface area contributed by atoms with Gasteiger partial charge in [-0.1, -0.05) is 48.7 Å². The molecule has 5 nitrogen and oxygen atoms in total. The van der Waals surface area contributed by atoms with E-state index in [-0.39, 0.29) is 11.9 Å². The van der Waals surface area contributed by atoms with E-state index in [2.05, 4.69) is 16.1 Å². The van der Waals surface area contributed by atoms with Crippen molar-refractivity contribution >= 4 is 5.91 Å². The van der Waals surface area contributed by atoms with Crippen molar-refractivity contribution in [3.8, 4) is 23.8 Å². The lowest BCUT2D eigenvalue weighted by molar-refractivity contribution is -0.127. The molecule has 1 unspecified atom stereocenters. The van der Waals surface area contributed by atoms with Crippen LogP contribution in [0, 0.1) is 12.3 Å². The number of nitrogens with zero attached hydrogens (tertiary/aromatic N) is 1. The third-order valence-electron chi connectivity index (χ3n) is 5.14. The molecule has 1 heterocycles. The highest BCUT2D eigenvalue weighted by molar-refractivity contribution is 5.81. The van der Waals surface area contributed by atoms with Crippen molar-refractivity contribution in [1.82, 2.24) is 10.2 Å². The van der Waals surface area contributed by atoms with Gasteiger partial charge in [0, 0.05) is 6.54 Å². The van der Waals surface area contributed by atoms with Crippen LogP contribution in [0.2, 0.25) is 0 Å². The SMILES string of the molecule is C#CCN1CCCCC1C(=O)NCc1ccc(OCc2ccccc2)c(OC)c1. The highest BCUT2D eigenvalue weighted by Crippen LogP contribution is 2.29.